The molecule has 1 atom stereocenters. The van der Waals surface area contributed by atoms with Crippen molar-refractivity contribution in [2.45, 2.75) is 26.8 Å². The molecule has 2 rings (SSSR count). The molecule has 1 aromatic rings. The molecule has 106 valence electrons. The van der Waals surface area contributed by atoms with Crippen molar-refractivity contribution >= 4 is 12.0 Å². The van der Waals surface area contributed by atoms with Crippen LogP contribution in [0.5, 0.6) is 0 Å². The summed E-state index contributed by atoms with van der Waals surface area (Å²) in [6.45, 7) is 5.73. The van der Waals surface area contributed by atoms with Crippen LogP contribution in [0.2, 0.25) is 0 Å². The topological polar surface area (TPSA) is 67.4 Å². The molecule has 1 aliphatic rings. The summed E-state index contributed by atoms with van der Waals surface area (Å²) < 4.78 is 5.07. The zero-order chi connectivity index (χ0) is 14.7. The highest BCUT2D eigenvalue weighted by Crippen LogP contribution is 2.27. The van der Waals surface area contributed by atoms with Gasteiger partial charge in [-0.1, -0.05) is 29.8 Å². The fourth-order valence-corrected chi connectivity index (χ4v) is 2.18. The summed E-state index contributed by atoms with van der Waals surface area (Å²) in [4.78, 5) is 23.7. The van der Waals surface area contributed by atoms with Crippen LogP contribution >= 0.6 is 0 Å². The third kappa shape index (κ3) is 2.82. The molecule has 20 heavy (non-hydrogen) atoms. The Kier molecular flexibility index (Phi) is 4.08. The van der Waals surface area contributed by atoms with Gasteiger partial charge in [-0.05, 0) is 26.3 Å². The predicted molar refractivity (Wildman–Crippen MR) is 74.9 cm³/mol. The van der Waals surface area contributed by atoms with Crippen LogP contribution < -0.4 is 10.6 Å². The van der Waals surface area contributed by atoms with Gasteiger partial charge < -0.3 is 15.4 Å². The fraction of sp³-hybridized carbons (Fsp3) is 0.333. The van der Waals surface area contributed by atoms with Gasteiger partial charge in [0, 0.05) is 5.70 Å². The van der Waals surface area contributed by atoms with Crippen molar-refractivity contribution in [1.82, 2.24) is 10.6 Å². The summed E-state index contributed by atoms with van der Waals surface area (Å²) in [5.41, 5.74) is 2.94. The SMILES string of the molecule is CCOC(=O)C1=C(C)NC(=O)N[C@@H]1c1ccc(C)cc1. The van der Waals surface area contributed by atoms with E-state index in [1.54, 1.807) is 13.8 Å². The van der Waals surface area contributed by atoms with Crippen LogP contribution in [0.25, 0.3) is 0 Å². The lowest BCUT2D eigenvalue weighted by Crippen LogP contribution is -2.45. The van der Waals surface area contributed by atoms with E-state index < -0.39 is 12.0 Å². The predicted octanol–water partition coefficient (Wildman–Crippen LogP) is 2.19. The van der Waals surface area contributed by atoms with Gasteiger partial charge in [-0.25, -0.2) is 9.59 Å². The standard InChI is InChI=1S/C15H18N2O3/c1-4-20-14(18)12-10(3)16-15(19)17-13(12)11-7-5-9(2)6-8-11/h5-8,13H,4H2,1-3H3,(H2,16,17,19)/t13-/m1/s1. The molecule has 0 spiro atoms. The number of benzene rings is 1. The molecule has 1 heterocycles. The number of amides is 2. The monoisotopic (exact) mass is 274 g/mol. The summed E-state index contributed by atoms with van der Waals surface area (Å²) in [5, 5.41) is 5.37. The third-order valence-electron chi connectivity index (χ3n) is 3.18. The quantitative estimate of drug-likeness (QED) is 0.830. The van der Waals surface area contributed by atoms with Crippen LogP contribution in [-0.2, 0) is 9.53 Å². The maximum absolute atomic E-state index is 12.1. The maximum Gasteiger partial charge on any atom is 0.338 e. The highest BCUT2D eigenvalue weighted by atomic mass is 16.5. The van der Waals surface area contributed by atoms with Crippen molar-refractivity contribution < 1.29 is 14.3 Å². The second-order valence-electron chi connectivity index (χ2n) is 4.70. The van der Waals surface area contributed by atoms with E-state index in [2.05, 4.69) is 10.6 Å². The maximum atomic E-state index is 12.1. The minimum absolute atomic E-state index is 0.296. The zero-order valence-corrected chi connectivity index (χ0v) is 11.8. The molecule has 1 aliphatic heterocycles. The van der Waals surface area contributed by atoms with Crippen LogP contribution in [-0.4, -0.2) is 18.6 Å². The van der Waals surface area contributed by atoms with Gasteiger partial charge in [0.1, 0.15) is 0 Å². The first kappa shape index (κ1) is 14.1. The summed E-state index contributed by atoms with van der Waals surface area (Å²) in [6, 6.07) is 6.89. The van der Waals surface area contributed by atoms with Crippen LogP contribution in [0.1, 0.15) is 31.0 Å². The van der Waals surface area contributed by atoms with E-state index in [1.165, 1.54) is 0 Å². The number of carbonyl (C=O) groups is 2. The molecule has 0 fully saturated rings. The Balaban J connectivity index is 2.41. The number of aryl methyl sites for hydroxylation is 1. The summed E-state index contributed by atoms with van der Waals surface area (Å²) >= 11 is 0. The summed E-state index contributed by atoms with van der Waals surface area (Å²) in [7, 11) is 0. The van der Waals surface area contributed by atoms with E-state index in [0.29, 0.717) is 17.9 Å². The Bertz CT molecular complexity index is 561. The molecule has 0 saturated carbocycles. The highest BCUT2D eigenvalue weighted by Gasteiger charge is 2.31. The minimum Gasteiger partial charge on any atom is -0.463 e. The lowest BCUT2D eigenvalue weighted by Gasteiger charge is -2.28. The van der Waals surface area contributed by atoms with Crippen molar-refractivity contribution in [1.29, 1.82) is 0 Å². The number of ether oxygens (including phenoxy) is 1. The van der Waals surface area contributed by atoms with Gasteiger partial charge in [0.05, 0.1) is 18.2 Å². The largest absolute Gasteiger partial charge is 0.463 e. The Morgan fingerprint density at radius 3 is 2.50 bits per heavy atom. The smallest absolute Gasteiger partial charge is 0.338 e. The van der Waals surface area contributed by atoms with Gasteiger partial charge in [-0.3, -0.25) is 0 Å². The normalized spacial score (nSPS) is 18.4. The molecule has 2 N–H and O–H groups in total. The zero-order valence-electron chi connectivity index (χ0n) is 11.8. The molecule has 0 bridgehead atoms. The van der Waals surface area contributed by atoms with Crippen molar-refractivity contribution in [2.75, 3.05) is 6.61 Å². The van der Waals surface area contributed by atoms with E-state index in [0.717, 1.165) is 11.1 Å². The number of hydrogen-bond donors (Lipinski definition) is 2. The van der Waals surface area contributed by atoms with E-state index in [4.69, 9.17) is 4.74 Å². The number of esters is 1. The molecular weight excluding hydrogens is 256 g/mol. The number of urea groups is 1. The van der Waals surface area contributed by atoms with Crippen molar-refractivity contribution in [3.8, 4) is 0 Å². The Morgan fingerprint density at radius 2 is 1.90 bits per heavy atom. The Labute approximate surface area is 118 Å². The van der Waals surface area contributed by atoms with E-state index in [9.17, 15) is 9.59 Å². The van der Waals surface area contributed by atoms with Gasteiger partial charge in [0.25, 0.3) is 0 Å². The van der Waals surface area contributed by atoms with Gasteiger partial charge in [-0.15, -0.1) is 0 Å². The third-order valence-corrected chi connectivity index (χ3v) is 3.18. The van der Waals surface area contributed by atoms with Crippen molar-refractivity contribution in [2.24, 2.45) is 0 Å². The van der Waals surface area contributed by atoms with Gasteiger partial charge in [0.15, 0.2) is 0 Å². The molecule has 0 radical (unpaired) electrons. The molecular formula is C15H18N2O3. The van der Waals surface area contributed by atoms with Gasteiger partial charge in [-0.2, -0.15) is 0 Å². The second-order valence-corrected chi connectivity index (χ2v) is 4.70. The first-order valence-electron chi connectivity index (χ1n) is 6.55. The van der Waals surface area contributed by atoms with E-state index in [-0.39, 0.29) is 6.03 Å². The van der Waals surface area contributed by atoms with E-state index >= 15 is 0 Å². The average Bonchev–Trinajstić information content (AvgIpc) is 2.38. The first-order valence-corrected chi connectivity index (χ1v) is 6.55. The Morgan fingerprint density at radius 1 is 1.25 bits per heavy atom. The van der Waals surface area contributed by atoms with Crippen LogP contribution in [0.3, 0.4) is 0 Å². The fourth-order valence-electron chi connectivity index (χ4n) is 2.18. The minimum atomic E-state index is -0.483. The summed E-state index contributed by atoms with van der Waals surface area (Å²) in [5.74, 6) is -0.414. The van der Waals surface area contributed by atoms with Crippen molar-refractivity contribution in [3.05, 3.63) is 46.7 Å². The van der Waals surface area contributed by atoms with Gasteiger partial charge in [0.2, 0.25) is 0 Å². The molecule has 1 aromatic carbocycles. The number of nitrogens with one attached hydrogen (secondary N) is 2. The molecule has 0 saturated heterocycles. The van der Waals surface area contributed by atoms with Gasteiger partial charge >= 0.3 is 12.0 Å². The molecule has 5 nitrogen and oxygen atoms in total. The summed E-state index contributed by atoms with van der Waals surface area (Å²) in [6.07, 6.45) is 0. The number of allylic oxidation sites excluding steroid dienone is 1. The van der Waals surface area contributed by atoms with Crippen LogP contribution in [0.4, 0.5) is 4.79 Å². The number of hydrogen-bond acceptors (Lipinski definition) is 3. The van der Waals surface area contributed by atoms with Crippen LogP contribution in [0.15, 0.2) is 35.5 Å². The number of carbonyl (C=O) groups excluding carboxylic acids is 2. The highest BCUT2D eigenvalue weighted by molar-refractivity contribution is 5.95. The molecule has 2 amide bonds. The molecule has 0 unspecified atom stereocenters. The average molecular weight is 274 g/mol. The van der Waals surface area contributed by atoms with Crippen molar-refractivity contribution in [3.63, 3.8) is 0 Å². The first-order chi connectivity index (χ1) is 9.52. The molecule has 0 aliphatic carbocycles. The Hall–Kier alpha value is -2.30. The van der Waals surface area contributed by atoms with Crippen LogP contribution in [0, 0.1) is 6.92 Å². The number of rotatable bonds is 3. The molecule has 5 heteroatoms. The molecule has 0 aromatic heterocycles. The lowest BCUT2D eigenvalue weighted by molar-refractivity contribution is -0.139. The van der Waals surface area contributed by atoms with E-state index in [1.807, 2.05) is 31.2 Å². The second kappa shape index (κ2) is 5.77. The lowest BCUT2D eigenvalue weighted by atomic mass is 9.95.